The van der Waals surface area contributed by atoms with Gasteiger partial charge in [-0.15, -0.1) is 0 Å². The first-order valence-corrected chi connectivity index (χ1v) is 8.09. The molecule has 1 unspecified atom stereocenters. The van der Waals surface area contributed by atoms with Crippen LogP contribution in [0.5, 0.6) is 0 Å². The van der Waals surface area contributed by atoms with Crippen LogP contribution >= 0.6 is 0 Å². The van der Waals surface area contributed by atoms with Crippen LogP contribution in [0.2, 0.25) is 0 Å². The van der Waals surface area contributed by atoms with Crippen LogP contribution in [0, 0.1) is 5.92 Å². The van der Waals surface area contributed by atoms with Crippen molar-refractivity contribution in [3.05, 3.63) is 0 Å². The highest BCUT2D eigenvalue weighted by atomic mass is 32.2. The first-order chi connectivity index (χ1) is 8.25. The fraction of sp³-hybridized carbons (Fsp3) is 1.00. The zero-order chi connectivity index (χ0) is 14.3. The Hall–Kier alpha value is -0.170. The molecule has 0 aromatic rings. The second-order valence-electron chi connectivity index (χ2n) is 5.37. The number of rotatable bonds is 9. The van der Waals surface area contributed by atoms with Crippen molar-refractivity contribution in [2.45, 2.75) is 32.4 Å². The molecule has 0 aromatic carbocycles. The predicted molar refractivity (Wildman–Crippen MR) is 77.0 cm³/mol. The maximum absolute atomic E-state index is 12.5. The van der Waals surface area contributed by atoms with Crippen LogP contribution in [0.25, 0.3) is 0 Å². The van der Waals surface area contributed by atoms with Crippen molar-refractivity contribution in [2.24, 2.45) is 11.7 Å². The fourth-order valence-corrected chi connectivity index (χ4v) is 3.68. The van der Waals surface area contributed by atoms with Gasteiger partial charge in [0.05, 0.1) is 5.25 Å². The molecule has 0 aliphatic heterocycles. The highest BCUT2D eigenvalue weighted by molar-refractivity contribution is 7.89. The van der Waals surface area contributed by atoms with E-state index >= 15 is 0 Å². The quantitative estimate of drug-likeness (QED) is 0.670. The molecule has 0 aliphatic carbocycles. The Morgan fingerprint density at radius 1 is 1.17 bits per heavy atom. The molecule has 0 saturated carbocycles. The van der Waals surface area contributed by atoms with Crippen molar-refractivity contribution in [3.63, 3.8) is 0 Å². The number of sulfonamides is 1. The molecule has 6 heteroatoms. The SMILES string of the molecule is CCC(CN)S(=O)(=O)N(CCN(C)C)CC(C)C. The Balaban J connectivity index is 4.92. The molecule has 0 saturated heterocycles. The van der Waals surface area contributed by atoms with Crippen LogP contribution in [0.3, 0.4) is 0 Å². The van der Waals surface area contributed by atoms with E-state index in [1.165, 1.54) is 0 Å². The van der Waals surface area contributed by atoms with E-state index in [9.17, 15) is 8.42 Å². The van der Waals surface area contributed by atoms with Gasteiger partial charge in [0, 0.05) is 26.2 Å². The van der Waals surface area contributed by atoms with Gasteiger partial charge < -0.3 is 10.6 Å². The number of nitrogens with zero attached hydrogens (tertiary/aromatic N) is 2. The zero-order valence-corrected chi connectivity index (χ0v) is 13.2. The van der Waals surface area contributed by atoms with Crippen molar-refractivity contribution < 1.29 is 8.42 Å². The standard InChI is InChI=1S/C12H29N3O2S/c1-6-12(9-13)18(16,17)15(10-11(2)3)8-7-14(4)5/h11-12H,6-10,13H2,1-5H3. The molecule has 1 atom stereocenters. The van der Waals surface area contributed by atoms with Crippen LogP contribution in [-0.4, -0.2) is 63.1 Å². The molecule has 0 aromatic heterocycles. The highest BCUT2D eigenvalue weighted by Crippen LogP contribution is 2.13. The lowest BCUT2D eigenvalue weighted by Gasteiger charge is -2.28. The Labute approximate surface area is 112 Å². The highest BCUT2D eigenvalue weighted by Gasteiger charge is 2.30. The molecular formula is C12H29N3O2S. The maximum Gasteiger partial charge on any atom is 0.218 e. The van der Waals surface area contributed by atoms with Crippen molar-refractivity contribution in [1.29, 1.82) is 0 Å². The summed E-state index contributed by atoms with van der Waals surface area (Å²) in [7, 11) is 0.617. The minimum atomic E-state index is -3.27. The molecule has 18 heavy (non-hydrogen) atoms. The predicted octanol–water partition coefficient (Wildman–Crippen LogP) is 0.573. The van der Waals surface area contributed by atoms with E-state index in [1.54, 1.807) is 4.31 Å². The Morgan fingerprint density at radius 2 is 1.72 bits per heavy atom. The first kappa shape index (κ1) is 17.8. The lowest BCUT2D eigenvalue weighted by molar-refractivity contribution is 0.310. The third kappa shape index (κ3) is 5.65. The summed E-state index contributed by atoms with van der Waals surface area (Å²) in [5.74, 6) is 0.317. The van der Waals surface area contributed by atoms with E-state index in [4.69, 9.17) is 5.73 Å². The van der Waals surface area contributed by atoms with Crippen LogP contribution < -0.4 is 5.73 Å². The van der Waals surface area contributed by atoms with Crippen LogP contribution in [0.15, 0.2) is 0 Å². The van der Waals surface area contributed by atoms with Gasteiger partial charge in [-0.05, 0) is 26.4 Å². The smallest absolute Gasteiger partial charge is 0.218 e. The minimum absolute atomic E-state index is 0.190. The topological polar surface area (TPSA) is 66.6 Å². The second-order valence-corrected chi connectivity index (χ2v) is 7.58. The summed E-state index contributed by atoms with van der Waals surface area (Å²) in [6, 6.07) is 0. The lowest BCUT2D eigenvalue weighted by Crippen LogP contribution is -2.45. The Kier molecular flexibility index (Phi) is 8.02. The summed E-state index contributed by atoms with van der Waals surface area (Å²) in [6.07, 6.45) is 0.565. The third-order valence-corrected chi connectivity index (χ3v) is 5.28. The average molecular weight is 279 g/mol. The minimum Gasteiger partial charge on any atom is -0.329 e. The summed E-state index contributed by atoms with van der Waals surface area (Å²) in [4.78, 5) is 1.99. The maximum atomic E-state index is 12.5. The van der Waals surface area contributed by atoms with Crippen molar-refractivity contribution in [1.82, 2.24) is 9.21 Å². The van der Waals surface area contributed by atoms with Gasteiger partial charge in [0.1, 0.15) is 0 Å². The zero-order valence-electron chi connectivity index (χ0n) is 12.4. The Morgan fingerprint density at radius 3 is 2.06 bits per heavy atom. The molecular weight excluding hydrogens is 250 g/mol. The van der Waals surface area contributed by atoms with Crippen LogP contribution in [0.1, 0.15) is 27.2 Å². The summed E-state index contributed by atoms with van der Waals surface area (Å²) in [5, 5.41) is -0.460. The molecule has 0 amide bonds. The molecule has 0 fully saturated rings. The molecule has 2 N–H and O–H groups in total. The van der Waals surface area contributed by atoms with E-state index in [-0.39, 0.29) is 6.54 Å². The average Bonchev–Trinajstić information content (AvgIpc) is 2.24. The lowest BCUT2D eigenvalue weighted by atomic mass is 10.2. The molecule has 0 heterocycles. The summed E-state index contributed by atoms with van der Waals surface area (Å²) >= 11 is 0. The van der Waals surface area contributed by atoms with Crippen LogP contribution in [0.4, 0.5) is 0 Å². The molecule has 0 bridgehead atoms. The van der Waals surface area contributed by atoms with E-state index in [2.05, 4.69) is 0 Å². The second kappa shape index (κ2) is 8.09. The molecule has 110 valence electrons. The molecule has 0 rings (SSSR count). The normalized spacial score (nSPS) is 14.7. The van der Waals surface area contributed by atoms with Gasteiger partial charge in [-0.2, -0.15) is 0 Å². The van der Waals surface area contributed by atoms with Gasteiger partial charge in [-0.1, -0.05) is 20.8 Å². The van der Waals surface area contributed by atoms with Gasteiger partial charge in [-0.25, -0.2) is 12.7 Å². The largest absolute Gasteiger partial charge is 0.329 e. The summed E-state index contributed by atoms with van der Waals surface area (Å²) < 4.78 is 26.5. The van der Waals surface area contributed by atoms with Crippen molar-refractivity contribution in [3.8, 4) is 0 Å². The number of hydrogen-bond donors (Lipinski definition) is 1. The van der Waals surface area contributed by atoms with E-state index in [1.807, 2.05) is 39.8 Å². The summed E-state index contributed by atoms with van der Waals surface area (Å²) in [6.45, 7) is 7.94. The fourth-order valence-electron chi connectivity index (χ4n) is 1.75. The van der Waals surface area contributed by atoms with Gasteiger partial charge >= 0.3 is 0 Å². The molecule has 0 radical (unpaired) electrons. The van der Waals surface area contributed by atoms with Crippen molar-refractivity contribution >= 4 is 10.0 Å². The van der Waals surface area contributed by atoms with Crippen LogP contribution in [-0.2, 0) is 10.0 Å². The Bertz CT molecular complexity index is 311. The number of hydrogen-bond acceptors (Lipinski definition) is 4. The van der Waals surface area contributed by atoms with Gasteiger partial charge in [-0.3, -0.25) is 0 Å². The molecule has 0 aliphatic rings. The van der Waals surface area contributed by atoms with Gasteiger partial charge in [0.2, 0.25) is 10.0 Å². The number of nitrogens with two attached hydrogens (primary N) is 1. The van der Waals surface area contributed by atoms with E-state index < -0.39 is 15.3 Å². The molecule has 5 nitrogen and oxygen atoms in total. The van der Waals surface area contributed by atoms with E-state index in [0.717, 1.165) is 6.54 Å². The third-order valence-electron chi connectivity index (χ3n) is 2.86. The van der Waals surface area contributed by atoms with Crippen molar-refractivity contribution in [2.75, 3.05) is 40.3 Å². The summed E-state index contributed by atoms with van der Waals surface area (Å²) in [5.41, 5.74) is 5.58. The van der Waals surface area contributed by atoms with Gasteiger partial charge in [0.25, 0.3) is 0 Å². The van der Waals surface area contributed by atoms with Gasteiger partial charge in [0.15, 0.2) is 0 Å². The van der Waals surface area contributed by atoms with E-state index in [0.29, 0.717) is 25.4 Å². The number of likely N-dealkylation sites (N-methyl/N-ethyl adjacent to an activating group) is 1. The first-order valence-electron chi connectivity index (χ1n) is 6.59. The molecule has 0 spiro atoms. The monoisotopic (exact) mass is 279 g/mol.